The molecule has 1 aromatic carbocycles. The SMILES string of the molecule is CCn1c(SCC(=O)NNC(=O)c2ccccc2)nc2sc(C)c(C)c2c1=O. The Labute approximate surface area is 170 Å². The summed E-state index contributed by atoms with van der Waals surface area (Å²) in [5, 5.41) is 1.14. The smallest absolute Gasteiger partial charge is 0.269 e. The van der Waals surface area contributed by atoms with Crippen molar-refractivity contribution in [3.05, 3.63) is 56.7 Å². The van der Waals surface area contributed by atoms with Crippen LogP contribution in [0.2, 0.25) is 0 Å². The molecule has 0 aliphatic carbocycles. The number of carbonyl (C=O) groups excluding carboxylic acids is 2. The number of thioether (sulfide) groups is 1. The van der Waals surface area contributed by atoms with Crippen molar-refractivity contribution in [3.63, 3.8) is 0 Å². The number of amides is 2. The highest BCUT2D eigenvalue weighted by molar-refractivity contribution is 7.99. The highest BCUT2D eigenvalue weighted by Gasteiger charge is 2.17. The topological polar surface area (TPSA) is 93.1 Å². The molecule has 7 nitrogen and oxygen atoms in total. The maximum Gasteiger partial charge on any atom is 0.269 e. The predicted octanol–water partition coefficient (Wildman–Crippen LogP) is 2.65. The molecule has 0 bridgehead atoms. The van der Waals surface area contributed by atoms with Crippen molar-refractivity contribution >= 4 is 45.1 Å². The summed E-state index contributed by atoms with van der Waals surface area (Å²) in [5.41, 5.74) is 6.08. The summed E-state index contributed by atoms with van der Waals surface area (Å²) in [6.45, 7) is 6.22. The largest absolute Gasteiger partial charge is 0.287 e. The van der Waals surface area contributed by atoms with E-state index in [9.17, 15) is 14.4 Å². The summed E-state index contributed by atoms with van der Waals surface area (Å²) in [4.78, 5) is 43.2. The lowest BCUT2D eigenvalue weighted by molar-refractivity contribution is -0.119. The fourth-order valence-corrected chi connectivity index (χ4v) is 4.59. The van der Waals surface area contributed by atoms with E-state index in [2.05, 4.69) is 15.8 Å². The number of hydrazine groups is 1. The molecule has 0 spiro atoms. The minimum Gasteiger partial charge on any atom is -0.287 e. The van der Waals surface area contributed by atoms with Crippen molar-refractivity contribution in [2.24, 2.45) is 0 Å². The Morgan fingerprint density at radius 2 is 1.89 bits per heavy atom. The van der Waals surface area contributed by atoms with E-state index in [0.717, 1.165) is 10.4 Å². The zero-order chi connectivity index (χ0) is 20.3. The predicted molar refractivity (Wildman–Crippen MR) is 112 cm³/mol. The van der Waals surface area contributed by atoms with Crippen LogP contribution in [0.1, 0.15) is 27.7 Å². The van der Waals surface area contributed by atoms with Crippen molar-refractivity contribution in [2.45, 2.75) is 32.5 Å². The average molecular weight is 417 g/mol. The van der Waals surface area contributed by atoms with E-state index in [1.165, 1.54) is 23.1 Å². The number of nitrogens with one attached hydrogen (secondary N) is 2. The number of benzene rings is 1. The maximum absolute atomic E-state index is 12.8. The fourth-order valence-electron chi connectivity index (χ4n) is 2.65. The lowest BCUT2D eigenvalue weighted by Crippen LogP contribution is -2.42. The number of hydrogen-bond acceptors (Lipinski definition) is 6. The molecule has 0 fully saturated rings. The van der Waals surface area contributed by atoms with Gasteiger partial charge in [0.2, 0.25) is 5.91 Å². The number of aryl methyl sites for hydroxylation is 2. The number of aromatic nitrogens is 2. The second-order valence-corrected chi connectivity index (χ2v) is 8.21. The first kappa shape index (κ1) is 20.1. The lowest BCUT2D eigenvalue weighted by atomic mass is 10.2. The highest BCUT2D eigenvalue weighted by Crippen LogP contribution is 2.28. The molecule has 0 aliphatic rings. The van der Waals surface area contributed by atoms with Crippen molar-refractivity contribution in [1.82, 2.24) is 20.4 Å². The minimum absolute atomic E-state index is 0.0242. The fraction of sp³-hybridized carbons (Fsp3) is 0.263. The first-order chi connectivity index (χ1) is 13.4. The molecule has 3 aromatic rings. The zero-order valence-corrected chi connectivity index (χ0v) is 17.4. The van der Waals surface area contributed by atoms with E-state index >= 15 is 0 Å². The molecule has 28 heavy (non-hydrogen) atoms. The molecule has 2 amide bonds. The van der Waals surface area contributed by atoms with Crippen LogP contribution in [0, 0.1) is 13.8 Å². The van der Waals surface area contributed by atoms with E-state index < -0.39 is 5.91 Å². The highest BCUT2D eigenvalue weighted by atomic mass is 32.2. The Bertz CT molecular complexity index is 1090. The number of carbonyl (C=O) groups is 2. The summed E-state index contributed by atoms with van der Waals surface area (Å²) >= 11 is 2.64. The van der Waals surface area contributed by atoms with Crippen molar-refractivity contribution < 1.29 is 9.59 Å². The second-order valence-electron chi connectivity index (χ2n) is 6.06. The summed E-state index contributed by atoms with van der Waals surface area (Å²) in [6.07, 6.45) is 0. The second kappa shape index (κ2) is 8.57. The van der Waals surface area contributed by atoms with Crippen LogP contribution in [0.15, 0.2) is 40.3 Å². The van der Waals surface area contributed by atoms with E-state index in [1.54, 1.807) is 34.9 Å². The van der Waals surface area contributed by atoms with Gasteiger partial charge in [-0.25, -0.2) is 4.98 Å². The molecule has 9 heteroatoms. The van der Waals surface area contributed by atoms with Gasteiger partial charge in [0.15, 0.2) is 5.16 Å². The minimum atomic E-state index is -0.395. The number of nitrogens with zero attached hydrogens (tertiary/aromatic N) is 2. The zero-order valence-electron chi connectivity index (χ0n) is 15.7. The van der Waals surface area contributed by atoms with Crippen LogP contribution in [0.5, 0.6) is 0 Å². The third-order valence-corrected chi connectivity index (χ3v) is 6.33. The van der Waals surface area contributed by atoms with Crippen molar-refractivity contribution in [1.29, 1.82) is 0 Å². The monoisotopic (exact) mass is 416 g/mol. The molecule has 2 aromatic heterocycles. The van der Waals surface area contributed by atoms with Gasteiger partial charge in [-0.15, -0.1) is 11.3 Å². The normalized spacial score (nSPS) is 10.8. The molecule has 0 saturated carbocycles. The van der Waals surface area contributed by atoms with Crippen LogP contribution in [-0.4, -0.2) is 27.1 Å². The molecule has 2 N–H and O–H groups in total. The van der Waals surface area contributed by atoms with Gasteiger partial charge >= 0.3 is 0 Å². The van der Waals surface area contributed by atoms with Gasteiger partial charge in [-0.1, -0.05) is 30.0 Å². The maximum atomic E-state index is 12.8. The molecule has 0 atom stereocenters. The molecule has 0 saturated heterocycles. The van der Waals surface area contributed by atoms with Crippen LogP contribution in [-0.2, 0) is 11.3 Å². The number of fused-ring (bicyclic) bond motifs is 1. The summed E-state index contributed by atoms with van der Waals surface area (Å²) in [7, 11) is 0. The molecule has 3 rings (SSSR count). The van der Waals surface area contributed by atoms with Gasteiger partial charge in [-0.05, 0) is 38.5 Å². The third-order valence-electron chi connectivity index (χ3n) is 4.25. The molecule has 0 unspecified atom stereocenters. The Morgan fingerprint density at radius 3 is 2.57 bits per heavy atom. The van der Waals surface area contributed by atoms with Gasteiger partial charge in [0.05, 0.1) is 11.1 Å². The molecular weight excluding hydrogens is 396 g/mol. The standard InChI is InChI=1S/C19H20N4O3S2/c1-4-23-18(26)15-11(2)12(3)28-17(15)20-19(23)27-10-14(24)21-22-16(25)13-8-6-5-7-9-13/h5-9H,4,10H2,1-3H3,(H,21,24)(H,22,25). The first-order valence-corrected chi connectivity index (χ1v) is 10.5. The van der Waals surface area contributed by atoms with Crippen LogP contribution in [0.25, 0.3) is 10.2 Å². The van der Waals surface area contributed by atoms with Gasteiger partial charge in [0.25, 0.3) is 11.5 Å². The molecule has 0 radical (unpaired) electrons. The Morgan fingerprint density at radius 1 is 1.18 bits per heavy atom. The average Bonchev–Trinajstić information content (AvgIpc) is 2.99. The van der Waals surface area contributed by atoms with Crippen molar-refractivity contribution in [2.75, 3.05) is 5.75 Å². The summed E-state index contributed by atoms with van der Waals surface area (Å²) < 4.78 is 1.57. The molecule has 146 valence electrons. The third kappa shape index (κ3) is 4.10. The van der Waals surface area contributed by atoms with Crippen LogP contribution < -0.4 is 16.4 Å². The Hall–Kier alpha value is -2.65. The van der Waals surface area contributed by atoms with Gasteiger partial charge in [0, 0.05) is 17.0 Å². The number of hydrogen-bond donors (Lipinski definition) is 2. The first-order valence-electron chi connectivity index (χ1n) is 8.70. The number of thiophene rings is 1. The summed E-state index contributed by atoms with van der Waals surface area (Å²) in [6, 6.07) is 8.60. The summed E-state index contributed by atoms with van der Waals surface area (Å²) in [5.74, 6) is -0.755. The van der Waals surface area contributed by atoms with Gasteiger partial charge in [-0.3, -0.25) is 29.8 Å². The van der Waals surface area contributed by atoms with Crippen LogP contribution in [0.3, 0.4) is 0 Å². The van der Waals surface area contributed by atoms with Crippen LogP contribution in [0.4, 0.5) is 0 Å². The lowest BCUT2D eigenvalue weighted by Gasteiger charge is -2.10. The van der Waals surface area contributed by atoms with E-state index in [0.29, 0.717) is 27.5 Å². The van der Waals surface area contributed by atoms with Crippen LogP contribution >= 0.6 is 23.1 Å². The molecule has 0 aliphatic heterocycles. The van der Waals surface area contributed by atoms with Gasteiger partial charge < -0.3 is 0 Å². The Balaban J connectivity index is 1.68. The van der Waals surface area contributed by atoms with Gasteiger partial charge in [-0.2, -0.15) is 0 Å². The van der Waals surface area contributed by atoms with E-state index in [4.69, 9.17) is 0 Å². The quantitative estimate of drug-likeness (QED) is 0.379. The van der Waals surface area contributed by atoms with E-state index in [1.807, 2.05) is 20.8 Å². The van der Waals surface area contributed by atoms with E-state index in [-0.39, 0.29) is 17.2 Å². The molecule has 2 heterocycles. The van der Waals surface area contributed by atoms with Gasteiger partial charge in [0.1, 0.15) is 4.83 Å². The Kier molecular flexibility index (Phi) is 6.15. The van der Waals surface area contributed by atoms with Crippen molar-refractivity contribution in [3.8, 4) is 0 Å². The number of rotatable bonds is 5. The molecular formula is C19H20N4O3S2.